The maximum absolute atomic E-state index is 13.0. The Morgan fingerprint density at radius 1 is 1.22 bits per heavy atom. The van der Waals surface area contributed by atoms with Gasteiger partial charge in [-0.05, 0) is 17.5 Å². The van der Waals surface area contributed by atoms with Gasteiger partial charge in [0.1, 0.15) is 10.9 Å². The minimum atomic E-state index is -3.94. The molecule has 23 heavy (non-hydrogen) atoms. The van der Waals surface area contributed by atoms with Crippen LogP contribution in [0, 0.1) is 5.41 Å². The molecule has 0 amide bonds. The number of esters is 1. The topological polar surface area (TPSA) is 84.9 Å². The Balaban J connectivity index is 3.39. The number of hydrogen-bond donors (Lipinski definition) is 1. The minimum absolute atomic E-state index is 0.0162. The lowest BCUT2D eigenvalue weighted by atomic mass is 9.87. The highest BCUT2D eigenvalue weighted by Gasteiger charge is 2.42. The predicted octanol–water partition coefficient (Wildman–Crippen LogP) is 1.87. The normalized spacial score (nSPS) is 13.7. The molecule has 1 N–H and O–H groups in total. The number of ether oxygens (including phenoxy) is 1. The largest absolute Gasteiger partial charge is 0.468 e. The first-order valence-corrected chi connectivity index (χ1v) is 8.45. The Morgan fingerprint density at radius 3 is 2.26 bits per heavy atom. The molecule has 1 aromatic rings. The van der Waals surface area contributed by atoms with Gasteiger partial charge >= 0.3 is 5.97 Å². The number of methoxy groups -OCH3 is 1. The fraction of sp³-hybridized carbons (Fsp3) is 0.533. The monoisotopic (exact) mass is 344 g/mol. The molecule has 0 heterocycles. The van der Waals surface area contributed by atoms with E-state index in [9.17, 15) is 13.2 Å². The van der Waals surface area contributed by atoms with Gasteiger partial charge in [0.2, 0.25) is 10.0 Å². The number of likely N-dealkylation sites (N-methyl/N-ethyl adjacent to an activating group) is 1. The van der Waals surface area contributed by atoms with Crippen LogP contribution >= 0.6 is 0 Å². The summed E-state index contributed by atoms with van der Waals surface area (Å²) < 4.78 is 31.7. The first kappa shape index (κ1) is 19.4. The van der Waals surface area contributed by atoms with E-state index in [1.165, 1.54) is 27.3 Å². The quantitative estimate of drug-likeness (QED) is 0.626. The molecule has 0 bridgehead atoms. The van der Waals surface area contributed by atoms with Gasteiger partial charge in [0.15, 0.2) is 0 Å². The van der Waals surface area contributed by atoms with Crippen LogP contribution in [0.2, 0.25) is 0 Å². The van der Waals surface area contributed by atoms with Crippen molar-refractivity contribution in [3.8, 4) is 0 Å². The Morgan fingerprint density at radius 2 is 1.78 bits per heavy atom. The average Bonchev–Trinajstić information content (AvgIpc) is 2.46. The van der Waals surface area contributed by atoms with Crippen molar-refractivity contribution >= 4 is 21.7 Å². The van der Waals surface area contributed by atoms with Crippen molar-refractivity contribution < 1.29 is 22.8 Å². The number of para-hydroxylation sites is 1. The lowest BCUT2D eigenvalue weighted by Gasteiger charge is -2.35. The summed E-state index contributed by atoms with van der Waals surface area (Å²) in [6.45, 7) is 5.33. The molecule has 0 radical (unpaired) electrons. The third kappa shape index (κ3) is 4.21. The van der Waals surface area contributed by atoms with Gasteiger partial charge < -0.3 is 4.74 Å². The van der Waals surface area contributed by atoms with E-state index < -0.39 is 27.4 Å². The summed E-state index contributed by atoms with van der Waals surface area (Å²) in [5, 5.41) is 0. The Bertz CT molecular complexity index is 652. The second-order valence-corrected chi connectivity index (χ2v) is 8.08. The van der Waals surface area contributed by atoms with Gasteiger partial charge in [-0.2, -0.15) is 4.31 Å². The predicted molar refractivity (Wildman–Crippen MR) is 87.3 cm³/mol. The van der Waals surface area contributed by atoms with Crippen molar-refractivity contribution in [3.05, 3.63) is 24.3 Å². The molecule has 0 fully saturated rings. The van der Waals surface area contributed by atoms with Gasteiger partial charge in [-0.3, -0.25) is 15.1 Å². The van der Waals surface area contributed by atoms with Crippen LogP contribution in [0.1, 0.15) is 20.8 Å². The Kier molecular flexibility index (Phi) is 6.15. The highest BCUT2D eigenvalue weighted by atomic mass is 32.2. The second kappa shape index (κ2) is 7.29. The number of sulfonamides is 1. The van der Waals surface area contributed by atoms with Gasteiger partial charge in [-0.15, -0.1) is 0 Å². The first-order chi connectivity index (χ1) is 10.6. The van der Waals surface area contributed by atoms with E-state index in [1.807, 2.05) is 0 Å². The van der Waals surface area contributed by atoms with Gasteiger partial charge in [-0.25, -0.2) is 8.42 Å². The number of benzene rings is 1. The van der Waals surface area contributed by atoms with E-state index in [4.69, 9.17) is 9.57 Å². The summed E-state index contributed by atoms with van der Waals surface area (Å²) >= 11 is 0. The third-order valence-corrected chi connectivity index (χ3v) is 5.25. The van der Waals surface area contributed by atoms with Crippen molar-refractivity contribution in [3.63, 3.8) is 0 Å². The zero-order chi connectivity index (χ0) is 17.8. The molecule has 130 valence electrons. The van der Waals surface area contributed by atoms with Crippen molar-refractivity contribution in [2.45, 2.75) is 31.7 Å². The van der Waals surface area contributed by atoms with Gasteiger partial charge in [0.25, 0.3) is 0 Å². The maximum atomic E-state index is 13.0. The van der Waals surface area contributed by atoms with Crippen LogP contribution in [-0.2, 0) is 24.4 Å². The minimum Gasteiger partial charge on any atom is -0.468 e. The summed E-state index contributed by atoms with van der Waals surface area (Å²) in [6.07, 6.45) is 0. The molecule has 7 nitrogen and oxygen atoms in total. The summed E-state index contributed by atoms with van der Waals surface area (Å²) in [7, 11) is 0.0540. The van der Waals surface area contributed by atoms with Crippen LogP contribution in [0.4, 0.5) is 5.69 Å². The van der Waals surface area contributed by atoms with E-state index in [1.54, 1.807) is 39.0 Å². The second-order valence-electron chi connectivity index (χ2n) is 6.12. The SMILES string of the molecule is CONc1ccccc1S(=O)(=O)N(C)[C@H](C(=O)OC)C(C)(C)C. The molecule has 0 aromatic heterocycles. The number of hydrogen-bond acceptors (Lipinski definition) is 6. The zero-order valence-corrected chi connectivity index (χ0v) is 15.1. The molecule has 0 aliphatic rings. The summed E-state index contributed by atoms with van der Waals surface area (Å²) in [4.78, 5) is 17.0. The zero-order valence-electron chi connectivity index (χ0n) is 14.3. The average molecular weight is 344 g/mol. The third-order valence-electron chi connectivity index (χ3n) is 3.36. The van der Waals surface area contributed by atoms with Crippen LogP contribution in [0.25, 0.3) is 0 Å². The van der Waals surface area contributed by atoms with Gasteiger partial charge in [0, 0.05) is 7.05 Å². The molecular weight excluding hydrogens is 320 g/mol. The fourth-order valence-corrected chi connectivity index (χ4v) is 3.97. The van der Waals surface area contributed by atoms with Crippen molar-refractivity contribution in [2.24, 2.45) is 5.41 Å². The van der Waals surface area contributed by atoms with Crippen LogP contribution in [-0.4, -0.2) is 46.0 Å². The fourth-order valence-electron chi connectivity index (χ4n) is 2.34. The molecule has 0 aliphatic carbocycles. The van der Waals surface area contributed by atoms with Crippen LogP contribution < -0.4 is 5.48 Å². The van der Waals surface area contributed by atoms with Crippen molar-refractivity contribution in [1.82, 2.24) is 4.31 Å². The van der Waals surface area contributed by atoms with Gasteiger partial charge in [-0.1, -0.05) is 32.9 Å². The summed E-state index contributed by atoms with van der Waals surface area (Å²) in [5.41, 5.74) is 2.19. The molecule has 0 saturated carbocycles. The van der Waals surface area contributed by atoms with Crippen LogP contribution in [0.5, 0.6) is 0 Å². The smallest absolute Gasteiger partial charge is 0.324 e. The molecule has 0 aliphatic heterocycles. The number of carbonyl (C=O) groups excluding carboxylic acids is 1. The van der Waals surface area contributed by atoms with Crippen molar-refractivity contribution in [1.29, 1.82) is 0 Å². The van der Waals surface area contributed by atoms with E-state index >= 15 is 0 Å². The number of nitrogens with zero attached hydrogens (tertiary/aromatic N) is 1. The van der Waals surface area contributed by atoms with Crippen LogP contribution in [0.15, 0.2) is 29.2 Å². The van der Waals surface area contributed by atoms with Crippen LogP contribution in [0.3, 0.4) is 0 Å². The Hall–Kier alpha value is -1.64. The number of carbonyl (C=O) groups is 1. The van der Waals surface area contributed by atoms with E-state index in [-0.39, 0.29) is 4.90 Å². The molecule has 0 spiro atoms. The van der Waals surface area contributed by atoms with Crippen molar-refractivity contribution in [2.75, 3.05) is 26.7 Å². The number of rotatable bonds is 6. The van der Waals surface area contributed by atoms with E-state index in [0.717, 1.165) is 4.31 Å². The van der Waals surface area contributed by atoms with Gasteiger partial charge in [0.05, 0.1) is 19.9 Å². The lowest BCUT2D eigenvalue weighted by Crippen LogP contribution is -2.50. The molecule has 1 rings (SSSR count). The molecule has 0 unspecified atom stereocenters. The molecule has 1 atom stereocenters. The summed E-state index contributed by atoms with van der Waals surface area (Å²) in [6, 6.07) is 5.35. The Labute approximate surface area is 137 Å². The maximum Gasteiger partial charge on any atom is 0.324 e. The standard InChI is InChI=1S/C15H24N2O5S/c1-15(2,3)13(14(18)21-5)17(4)23(19,20)12-10-8-7-9-11(12)16-22-6/h7-10,13,16H,1-6H3/t13-/m1/s1. The highest BCUT2D eigenvalue weighted by molar-refractivity contribution is 7.89. The number of nitrogens with one attached hydrogen (secondary N) is 1. The highest BCUT2D eigenvalue weighted by Crippen LogP contribution is 2.31. The lowest BCUT2D eigenvalue weighted by molar-refractivity contribution is -0.148. The van der Waals surface area contributed by atoms with E-state index in [0.29, 0.717) is 5.69 Å². The molecular formula is C15H24N2O5S. The summed E-state index contributed by atoms with van der Waals surface area (Å²) in [5.74, 6) is -0.610. The first-order valence-electron chi connectivity index (χ1n) is 7.01. The molecule has 1 aromatic carbocycles. The number of anilines is 1. The van der Waals surface area contributed by atoms with E-state index in [2.05, 4.69) is 5.48 Å². The molecule has 0 saturated heterocycles. The molecule has 8 heteroatoms.